The monoisotopic (exact) mass is 322 g/mol. The molecule has 3 rings (SSSR count). The van der Waals surface area contributed by atoms with Crippen LogP contribution >= 0.6 is 0 Å². The van der Waals surface area contributed by atoms with E-state index in [1.807, 2.05) is 0 Å². The highest BCUT2D eigenvalue weighted by molar-refractivity contribution is 5.84. The van der Waals surface area contributed by atoms with Gasteiger partial charge in [0.05, 0.1) is 11.6 Å². The summed E-state index contributed by atoms with van der Waals surface area (Å²) in [4.78, 5) is 14.0. The zero-order chi connectivity index (χ0) is 16.8. The summed E-state index contributed by atoms with van der Waals surface area (Å²) in [6.07, 6.45) is -1.82. The number of carbonyl (C=O) groups is 1. The molecule has 3 nitrogen and oxygen atoms in total. The molecule has 0 radical (unpaired) electrons. The molecular formula is C17H17F3N2O. The maximum atomic E-state index is 13.1. The molecule has 23 heavy (non-hydrogen) atoms. The van der Waals surface area contributed by atoms with Gasteiger partial charge in [0.25, 0.3) is 0 Å². The fourth-order valence-corrected chi connectivity index (χ4v) is 3.38. The molecule has 1 aromatic carbocycles. The topological polar surface area (TPSA) is 44.1 Å². The standard InChI is InChI=1S/C17H17F3N2O/c1-22(16(10-21)7-4-8-16)15(23)13-9-12(13)11-5-2-3-6-14(11)17(18,19)20/h2-3,5-6,12-13H,4,7-9H2,1H3/t12-,13+/m1/s1. The Balaban J connectivity index is 1.78. The number of hydrogen-bond donors (Lipinski definition) is 0. The van der Waals surface area contributed by atoms with Crippen molar-refractivity contribution in [3.63, 3.8) is 0 Å². The summed E-state index contributed by atoms with van der Waals surface area (Å²) in [5.41, 5.74) is -1.23. The summed E-state index contributed by atoms with van der Waals surface area (Å²) in [6, 6.07) is 7.62. The summed E-state index contributed by atoms with van der Waals surface area (Å²) in [5, 5.41) is 9.30. The lowest BCUT2D eigenvalue weighted by Crippen LogP contribution is -2.53. The lowest BCUT2D eigenvalue weighted by atomic mass is 9.76. The fourth-order valence-electron chi connectivity index (χ4n) is 3.38. The number of nitrogens with zero attached hydrogens (tertiary/aromatic N) is 2. The molecule has 0 saturated heterocycles. The van der Waals surface area contributed by atoms with Crippen molar-refractivity contribution in [2.24, 2.45) is 5.92 Å². The van der Waals surface area contributed by atoms with Gasteiger partial charge >= 0.3 is 6.18 Å². The Morgan fingerprint density at radius 3 is 2.52 bits per heavy atom. The van der Waals surface area contributed by atoms with E-state index in [0.29, 0.717) is 19.3 Å². The first-order valence-corrected chi connectivity index (χ1v) is 7.65. The van der Waals surface area contributed by atoms with E-state index in [1.165, 1.54) is 17.0 Å². The molecule has 0 unspecified atom stereocenters. The molecule has 2 atom stereocenters. The number of rotatable bonds is 3. The van der Waals surface area contributed by atoms with Crippen LogP contribution in [-0.4, -0.2) is 23.4 Å². The number of hydrogen-bond acceptors (Lipinski definition) is 2. The SMILES string of the molecule is CN(C(=O)[C@H]1C[C@@H]1c1ccccc1C(F)(F)F)C1(C#N)CCC1. The minimum atomic E-state index is -4.42. The van der Waals surface area contributed by atoms with Crippen LogP contribution in [-0.2, 0) is 11.0 Å². The average Bonchev–Trinajstić information content (AvgIpc) is 3.25. The zero-order valence-corrected chi connectivity index (χ0v) is 12.7. The molecule has 0 spiro atoms. The second kappa shape index (κ2) is 5.26. The van der Waals surface area contributed by atoms with Crippen LogP contribution in [0.15, 0.2) is 24.3 Å². The summed E-state index contributed by atoms with van der Waals surface area (Å²) in [6.45, 7) is 0. The van der Waals surface area contributed by atoms with Gasteiger partial charge in [-0.15, -0.1) is 0 Å². The highest BCUT2D eigenvalue weighted by Crippen LogP contribution is 2.52. The second-order valence-corrected chi connectivity index (χ2v) is 6.43. The van der Waals surface area contributed by atoms with E-state index < -0.39 is 29.1 Å². The molecule has 2 fully saturated rings. The number of alkyl halides is 3. The minimum absolute atomic E-state index is 0.186. The smallest absolute Gasteiger partial charge is 0.327 e. The Morgan fingerprint density at radius 1 is 1.35 bits per heavy atom. The van der Waals surface area contributed by atoms with Crippen molar-refractivity contribution in [2.45, 2.75) is 43.3 Å². The molecular weight excluding hydrogens is 305 g/mol. The molecule has 6 heteroatoms. The Labute approximate surface area is 132 Å². The van der Waals surface area contributed by atoms with Crippen LogP contribution in [0.2, 0.25) is 0 Å². The van der Waals surface area contributed by atoms with Gasteiger partial charge in [0.2, 0.25) is 5.91 Å². The maximum absolute atomic E-state index is 13.1. The lowest BCUT2D eigenvalue weighted by Gasteiger charge is -2.43. The second-order valence-electron chi connectivity index (χ2n) is 6.43. The molecule has 2 saturated carbocycles. The van der Waals surface area contributed by atoms with E-state index in [2.05, 4.69) is 6.07 Å². The van der Waals surface area contributed by atoms with Gasteiger partial charge in [0.1, 0.15) is 5.54 Å². The van der Waals surface area contributed by atoms with Crippen LogP contribution in [0, 0.1) is 17.2 Å². The third-order valence-electron chi connectivity index (χ3n) is 5.13. The molecule has 2 aliphatic carbocycles. The highest BCUT2D eigenvalue weighted by atomic mass is 19.4. The van der Waals surface area contributed by atoms with Gasteiger partial charge in [0.15, 0.2) is 0 Å². The van der Waals surface area contributed by atoms with Gasteiger partial charge in [-0.1, -0.05) is 18.2 Å². The third-order valence-corrected chi connectivity index (χ3v) is 5.13. The van der Waals surface area contributed by atoms with E-state index in [9.17, 15) is 23.2 Å². The zero-order valence-electron chi connectivity index (χ0n) is 12.7. The summed E-state index contributed by atoms with van der Waals surface area (Å²) >= 11 is 0. The molecule has 0 bridgehead atoms. The third kappa shape index (κ3) is 2.58. The van der Waals surface area contributed by atoms with Crippen LogP contribution in [0.1, 0.15) is 42.7 Å². The van der Waals surface area contributed by atoms with Crippen molar-refractivity contribution in [1.29, 1.82) is 5.26 Å². The molecule has 0 N–H and O–H groups in total. The Bertz CT molecular complexity index is 673. The minimum Gasteiger partial charge on any atom is -0.327 e. The lowest BCUT2D eigenvalue weighted by molar-refractivity contribution is -0.140. The number of nitriles is 1. The first kappa shape index (κ1) is 15.9. The van der Waals surface area contributed by atoms with Gasteiger partial charge in [-0.25, -0.2) is 0 Å². The van der Waals surface area contributed by atoms with E-state index in [0.717, 1.165) is 12.5 Å². The Morgan fingerprint density at radius 2 is 2.00 bits per heavy atom. The van der Waals surface area contributed by atoms with Crippen molar-refractivity contribution in [3.05, 3.63) is 35.4 Å². The highest BCUT2D eigenvalue weighted by Gasteiger charge is 2.52. The normalized spacial score (nSPS) is 25.2. The van der Waals surface area contributed by atoms with Crippen LogP contribution in [0.4, 0.5) is 13.2 Å². The number of benzene rings is 1. The van der Waals surface area contributed by atoms with Crippen molar-refractivity contribution in [3.8, 4) is 6.07 Å². The van der Waals surface area contributed by atoms with Gasteiger partial charge in [-0.05, 0) is 43.2 Å². The van der Waals surface area contributed by atoms with Crippen molar-refractivity contribution in [2.75, 3.05) is 7.05 Å². The van der Waals surface area contributed by atoms with Crippen molar-refractivity contribution < 1.29 is 18.0 Å². The van der Waals surface area contributed by atoms with E-state index in [1.54, 1.807) is 13.1 Å². The van der Waals surface area contributed by atoms with Crippen LogP contribution in [0.3, 0.4) is 0 Å². The van der Waals surface area contributed by atoms with Gasteiger partial charge in [-0.3, -0.25) is 4.79 Å². The van der Waals surface area contributed by atoms with Crippen molar-refractivity contribution >= 4 is 5.91 Å². The number of carbonyl (C=O) groups excluding carboxylic acids is 1. The summed E-state index contributed by atoms with van der Waals surface area (Å²) in [7, 11) is 1.59. The predicted molar refractivity (Wildman–Crippen MR) is 77.3 cm³/mol. The van der Waals surface area contributed by atoms with Crippen molar-refractivity contribution in [1.82, 2.24) is 4.90 Å². The van der Waals surface area contributed by atoms with Crippen LogP contribution in [0.25, 0.3) is 0 Å². The van der Waals surface area contributed by atoms with Crippen LogP contribution in [0.5, 0.6) is 0 Å². The fraction of sp³-hybridized carbons (Fsp3) is 0.529. The molecule has 122 valence electrons. The van der Waals surface area contributed by atoms with Gasteiger partial charge in [0, 0.05) is 13.0 Å². The largest absolute Gasteiger partial charge is 0.416 e. The molecule has 0 aliphatic heterocycles. The average molecular weight is 322 g/mol. The molecule has 2 aliphatic rings. The van der Waals surface area contributed by atoms with Crippen LogP contribution < -0.4 is 0 Å². The first-order chi connectivity index (χ1) is 10.8. The number of halogens is 3. The van der Waals surface area contributed by atoms with Gasteiger partial charge < -0.3 is 4.90 Å². The van der Waals surface area contributed by atoms with E-state index >= 15 is 0 Å². The molecule has 0 aromatic heterocycles. The Kier molecular flexibility index (Phi) is 3.62. The van der Waals surface area contributed by atoms with E-state index in [-0.39, 0.29) is 11.5 Å². The maximum Gasteiger partial charge on any atom is 0.416 e. The first-order valence-electron chi connectivity index (χ1n) is 7.65. The molecule has 0 heterocycles. The summed E-state index contributed by atoms with van der Waals surface area (Å²) < 4.78 is 39.3. The molecule has 1 aromatic rings. The van der Waals surface area contributed by atoms with E-state index in [4.69, 9.17) is 0 Å². The quantitative estimate of drug-likeness (QED) is 0.851. The predicted octanol–water partition coefficient (Wildman–Crippen LogP) is 3.71. The summed E-state index contributed by atoms with van der Waals surface area (Å²) in [5.74, 6) is -1.07. The number of amides is 1. The van der Waals surface area contributed by atoms with Gasteiger partial charge in [-0.2, -0.15) is 18.4 Å². The molecule has 1 amide bonds. The Hall–Kier alpha value is -2.03.